The lowest BCUT2D eigenvalue weighted by atomic mass is 10.0. The first-order valence-corrected chi connectivity index (χ1v) is 7.85. The molecule has 1 heterocycles. The third-order valence-corrected chi connectivity index (χ3v) is 5.57. The zero-order valence-electron chi connectivity index (χ0n) is 11.1. The molecule has 1 atom stereocenters. The Morgan fingerprint density at radius 3 is 2.68 bits per heavy atom. The number of halogens is 1. The first kappa shape index (κ1) is 14.3. The number of nitrogen functional groups attached to an aromatic ring is 1. The van der Waals surface area contributed by atoms with Gasteiger partial charge in [-0.3, -0.25) is 0 Å². The molecule has 2 N–H and O–H groups in total. The number of hydrogen-bond donors (Lipinski definition) is 1. The Kier molecular flexibility index (Phi) is 3.82. The van der Waals surface area contributed by atoms with E-state index >= 15 is 0 Å². The molecule has 106 valence electrons. The smallest absolute Gasteiger partial charge is 0.245 e. The van der Waals surface area contributed by atoms with E-state index in [1.165, 1.54) is 10.4 Å². The second-order valence-corrected chi connectivity index (χ2v) is 7.11. The van der Waals surface area contributed by atoms with Gasteiger partial charge >= 0.3 is 0 Å². The summed E-state index contributed by atoms with van der Waals surface area (Å²) in [5.74, 6) is -0.280. The molecular formula is C13H19FN2O2S. The van der Waals surface area contributed by atoms with Crippen molar-refractivity contribution in [2.24, 2.45) is 5.92 Å². The van der Waals surface area contributed by atoms with Crippen LogP contribution in [0.5, 0.6) is 0 Å². The maximum absolute atomic E-state index is 13.0. The first-order chi connectivity index (χ1) is 8.84. The summed E-state index contributed by atoms with van der Waals surface area (Å²) >= 11 is 0. The fourth-order valence-electron chi connectivity index (χ4n) is 2.61. The molecule has 4 nitrogen and oxygen atoms in total. The van der Waals surface area contributed by atoms with Gasteiger partial charge in [0, 0.05) is 12.6 Å². The topological polar surface area (TPSA) is 63.4 Å². The van der Waals surface area contributed by atoms with Crippen LogP contribution < -0.4 is 5.73 Å². The summed E-state index contributed by atoms with van der Waals surface area (Å²) < 4.78 is 39.7. The summed E-state index contributed by atoms with van der Waals surface area (Å²) in [7, 11) is -3.64. The molecule has 19 heavy (non-hydrogen) atoms. The Morgan fingerprint density at radius 2 is 2.11 bits per heavy atom. The second-order valence-electron chi connectivity index (χ2n) is 5.25. The molecule has 0 aliphatic carbocycles. The highest BCUT2D eigenvalue weighted by Crippen LogP contribution is 2.32. The molecule has 0 bridgehead atoms. The Balaban J connectivity index is 2.42. The van der Waals surface area contributed by atoms with Crippen LogP contribution in [0.3, 0.4) is 0 Å². The molecule has 0 amide bonds. The van der Waals surface area contributed by atoms with E-state index in [9.17, 15) is 12.8 Å². The third-order valence-electron chi connectivity index (χ3n) is 3.58. The van der Waals surface area contributed by atoms with Crippen molar-refractivity contribution < 1.29 is 12.8 Å². The zero-order valence-corrected chi connectivity index (χ0v) is 12.0. The van der Waals surface area contributed by atoms with Crippen LogP contribution in [0.2, 0.25) is 0 Å². The summed E-state index contributed by atoms with van der Waals surface area (Å²) in [5, 5.41) is 0. The van der Waals surface area contributed by atoms with E-state index < -0.39 is 15.8 Å². The van der Waals surface area contributed by atoms with Crippen molar-refractivity contribution in [2.45, 2.75) is 37.6 Å². The molecule has 1 unspecified atom stereocenters. The van der Waals surface area contributed by atoms with E-state index in [4.69, 9.17) is 5.73 Å². The Bertz CT molecular complexity index is 572. The molecule has 1 aromatic rings. The van der Waals surface area contributed by atoms with Crippen LogP contribution >= 0.6 is 0 Å². The number of sulfonamides is 1. The van der Waals surface area contributed by atoms with Crippen LogP contribution in [0.15, 0.2) is 23.1 Å². The maximum Gasteiger partial charge on any atom is 0.245 e. The minimum absolute atomic E-state index is 0.00134. The van der Waals surface area contributed by atoms with Gasteiger partial charge in [-0.15, -0.1) is 0 Å². The van der Waals surface area contributed by atoms with Crippen molar-refractivity contribution in [1.29, 1.82) is 0 Å². The van der Waals surface area contributed by atoms with E-state index in [2.05, 4.69) is 0 Å². The van der Waals surface area contributed by atoms with Gasteiger partial charge in [-0.2, -0.15) is 4.31 Å². The van der Waals surface area contributed by atoms with E-state index in [-0.39, 0.29) is 22.5 Å². The zero-order chi connectivity index (χ0) is 14.2. The fraction of sp³-hybridized carbons (Fsp3) is 0.538. The number of anilines is 1. The van der Waals surface area contributed by atoms with Crippen molar-refractivity contribution in [1.82, 2.24) is 4.31 Å². The average molecular weight is 286 g/mol. The average Bonchev–Trinajstić information content (AvgIpc) is 2.77. The van der Waals surface area contributed by atoms with Crippen LogP contribution in [0.1, 0.15) is 26.7 Å². The molecule has 1 aromatic carbocycles. The van der Waals surface area contributed by atoms with E-state index in [0.29, 0.717) is 6.54 Å². The molecule has 1 fully saturated rings. The Hall–Kier alpha value is -1.14. The van der Waals surface area contributed by atoms with Gasteiger partial charge in [0.1, 0.15) is 10.7 Å². The van der Waals surface area contributed by atoms with Gasteiger partial charge < -0.3 is 5.73 Å². The minimum Gasteiger partial charge on any atom is -0.398 e. The lowest BCUT2D eigenvalue weighted by Gasteiger charge is -2.27. The fourth-order valence-corrected chi connectivity index (χ4v) is 4.54. The monoisotopic (exact) mass is 286 g/mol. The Morgan fingerprint density at radius 1 is 1.42 bits per heavy atom. The van der Waals surface area contributed by atoms with E-state index in [0.717, 1.165) is 25.0 Å². The quantitative estimate of drug-likeness (QED) is 0.867. The molecule has 0 aromatic heterocycles. The molecule has 1 aliphatic heterocycles. The van der Waals surface area contributed by atoms with Gasteiger partial charge in [0.05, 0.1) is 5.69 Å². The van der Waals surface area contributed by atoms with Crippen LogP contribution in [0.25, 0.3) is 0 Å². The highest BCUT2D eigenvalue weighted by Gasteiger charge is 2.37. The number of nitrogens with two attached hydrogens (primary N) is 1. The second kappa shape index (κ2) is 5.09. The van der Waals surface area contributed by atoms with Crippen molar-refractivity contribution in [3.05, 3.63) is 24.0 Å². The van der Waals surface area contributed by atoms with Crippen LogP contribution in [-0.4, -0.2) is 25.3 Å². The highest BCUT2D eigenvalue weighted by atomic mass is 32.2. The van der Waals surface area contributed by atoms with Crippen LogP contribution in [-0.2, 0) is 10.0 Å². The van der Waals surface area contributed by atoms with Crippen molar-refractivity contribution >= 4 is 15.7 Å². The highest BCUT2D eigenvalue weighted by molar-refractivity contribution is 7.89. The van der Waals surface area contributed by atoms with Crippen molar-refractivity contribution in [3.63, 3.8) is 0 Å². The van der Waals surface area contributed by atoms with Gasteiger partial charge in [0.2, 0.25) is 10.0 Å². The molecule has 0 radical (unpaired) electrons. The van der Waals surface area contributed by atoms with Gasteiger partial charge in [0.25, 0.3) is 0 Å². The molecule has 6 heteroatoms. The van der Waals surface area contributed by atoms with Crippen LogP contribution in [0.4, 0.5) is 10.1 Å². The minimum atomic E-state index is -3.64. The summed E-state index contributed by atoms with van der Waals surface area (Å²) in [4.78, 5) is 0.00134. The number of nitrogens with zero attached hydrogens (tertiary/aromatic N) is 1. The van der Waals surface area contributed by atoms with E-state index in [1.54, 1.807) is 0 Å². The lowest BCUT2D eigenvalue weighted by molar-refractivity contribution is 0.316. The van der Waals surface area contributed by atoms with E-state index in [1.807, 2.05) is 13.8 Å². The lowest BCUT2D eigenvalue weighted by Crippen LogP contribution is -2.38. The molecule has 1 aliphatic rings. The first-order valence-electron chi connectivity index (χ1n) is 6.41. The predicted octanol–water partition coefficient (Wildman–Crippen LogP) is 2.22. The van der Waals surface area contributed by atoms with Gasteiger partial charge in [-0.05, 0) is 37.0 Å². The SMILES string of the molecule is CC(C)C1CCCN1S(=O)(=O)c1ccc(F)cc1N. The van der Waals surface area contributed by atoms with Gasteiger partial charge in [0.15, 0.2) is 0 Å². The molecule has 2 rings (SSSR count). The molecule has 1 saturated heterocycles. The summed E-state index contributed by atoms with van der Waals surface area (Å²) in [6.07, 6.45) is 1.71. The molecule has 0 spiro atoms. The standard InChI is InChI=1S/C13H19FN2O2S/c1-9(2)12-4-3-7-16(12)19(17,18)13-6-5-10(14)8-11(13)15/h5-6,8-9,12H,3-4,7,15H2,1-2H3. The Labute approximate surface area is 113 Å². The number of rotatable bonds is 3. The normalized spacial score (nSPS) is 21.2. The van der Waals surface area contributed by atoms with Crippen LogP contribution in [0, 0.1) is 11.7 Å². The summed E-state index contributed by atoms with van der Waals surface area (Å²) in [6, 6.07) is 3.42. The van der Waals surface area contributed by atoms with Crippen molar-refractivity contribution in [3.8, 4) is 0 Å². The predicted molar refractivity (Wildman–Crippen MR) is 72.6 cm³/mol. The third kappa shape index (κ3) is 2.60. The number of hydrogen-bond acceptors (Lipinski definition) is 3. The molecular weight excluding hydrogens is 267 g/mol. The van der Waals surface area contributed by atoms with Gasteiger partial charge in [-0.25, -0.2) is 12.8 Å². The van der Waals surface area contributed by atoms with Crippen molar-refractivity contribution in [2.75, 3.05) is 12.3 Å². The maximum atomic E-state index is 13.0. The van der Waals surface area contributed by atoms with Gasteiger partial charge in [-0.1, -0.05) is 13.8 Å². The summed E-state index contributed by atoms with van der Waals surface area (Å²) in [5.41, 5.74) is 5.62. The largest absolute Gasteiger partial charge is 0.398 e. The molecule has 0 saturated carbocycles. The summed E-state index contributed by atoms with van der Waals surface area (Å²) in [6.45, 7) is 4.51. The number of benzene rings is 1.